The van der Waals surface area contributed by atoms with Crippen molar-refractivity contribution in [2.45, 2.75) is 26.7 Å². The van der Waals surface area contributed by atoms with E-state index in [4.69, 9.17) is 9.84 Å². The van der Waals surface area contributed by atoms with Crippen LogP contribution in [0.2, 0.25) is 0 Å². The first-order valence-electron chi connectivity index (χ1n) is 7.26. The van der Waals surface area contributed by atoms with Crippen molar-refractivity contribution in [2.75, 3.05) is 32.8 Å². The van der Waals surface area contributed by atoms with Crippen molar-refractivity contribution in [3.8, 4) is 5.75 Å². The fourth-order valence-corrected chi connectivity index (χ4v) is 2.30. The lowest BCUT2D eigenvalue weighted by molar-refractivity contribution is 0.180. The fraction of sp³-hybridized carbons (Fsp3) is 0.529. The van der Waals surface area contributed by atoms with Gasteiger partial charge in [-0.05, 0) is 36.1 Å². The second-order valence-electron chi connectivity index (χ2n) is 5.33. The highest BCUT2D eigenvalue weighted by Gasteiger charge is 2.06. The van der Waals surface area contributed by atoms with E-state index in [2.05, 4.69) is 44.4 Å². The predicted octanol–water partition coefficient (Wildman–Crippen LogP) is 2.98. The molecule has 3 nitrogen and oxygen atoms in total. The number of hydrogen-bond acceptors (Lipinski definition) is 3. The standard InChI is InChI=1S/C17H27NO2/c1-5-8-18(9-11-19)10-12-20-16-6-7-17(14(2)3)15(4)13-16/h5-7,13-14,19H,1,8-12H2,2-4H3. The second kappa shape index (κ2) is 8.77. The summed E-state index contributed by atoms with van der Waals surface area (Å²) in [6, 6.07) is 6.27. The van der Waals surface area contributed by atoms with Crippen LogP contribution in [0.25, 0.3) is 0 Å². The van der Waals surface area contributed by atoms with Crippen molar-refractivity contribution < 1.29 is 9.84 Å². The topological polar surface area (TPSA) is 32.7 Å². The summed E-state index contributed by atoms with van der Waals surface area (Å²) in [6.45, 7) is 13.2. The van der Waals surface area contributed by atoms with Crippen LogP contribution in [0.15, 0.2) is 30.9 Å². The molecule has 0 saturated heterocycles. The van der Waals surface area contributed by atoms with Gasteiger partial charge >= 0.3 is 0 Å². The zero-order valence-corrected chi connectivity index (χ0v) is 12.9. The Hall–Kier alpha value is -1.32. The molecule has 0 aliphatic carbocycles. The van der Waals surface area contributed by atoms with E-state index >= 15 is 0 Å². The molecule has 1 N–H and O–H groups in total. The number of aliphatic hydroxyl groups excluding tert-OH is 1. The Morgan fingerprint density at radius 3 is 2.65 bits per heavy atom. The molecule has 0 aromatic heterocycles. The Labute approximate surface area is 122 Å². The van der Waals surface area contributed by atoms with Gasteiger partial charge in [0.1, 0.15) is 12.4 Å². The van der Waals surface area contributed by atoms with Crippen LogP contribution < -0.4 is 4.74 Å². The number of aryl methyl sites for hydroxylation is 1. The van der Waals surface area contributed by atoms with Crippen molar-refractivity contribution in [3.63, 3.8) is 0 Å². The van der Waals surface area contributed by atoms with E-state index in [1.165, 1.54) is 11.1 Å². The molecular formula is C17H27NO2. The van der Waals surface area contributed by atoms with Gasteiger partial charge in [0.2, 0.25) is 0 Å². The highest BCUT2D eigenvalue weighted by atomic mass is 16.5. The lowest BCUT2D eigenvalue weighted by Gasteiger charge is -2.19. The number of benzene rings is 1. The average Bonchev–Trinajstić information content (AvgIpc) is 2.39. The van der Waals surface area contributed by atoms with Gasteiger partial charge in [-0.1, -0.05) is 26.0 Å². The molecule has 20 heavy (non-hydrogen) atoms. The molecule has 0 spiro atoms. The molecule has 0 aliphatic rings. The minimum atomic E-state index is 0.163. The summed E-state index contributed by atoms with van der Waals surface area (Å²) in [5.41, 5.74) is 2.64. The van der Waals surface area contributed by atoms with Crippen LogP contribution in [0.1, 0.15) is 30.9 Å². The van der Waals surface area contributed by atoms with Gasteiger partial charge in [0.05, 0.1) is 6.61 Å². The van der Waals surface area contributed by atoms with E-state index in [0.29, 0.717) is 19.1 Å². The molecule has 0 heterocycles. The quantitative estimate of drug-likeness (QED) is 0.704. The Bertz CT molecular complexity index is 415. The van der Waals surface area contributed by atoms with Gasteiger partial charge in [-0.25, -0.2) is 0 Å². The van der Waals surface area contributed by atoms with E-state index in [0.717, 1.165) is 18.8 Å². The second-order valence-corrected chi connectivity index (χ2v) is 5.33. The fourth-order valence-electron chi connectivity index (χ4n) is 2.30. The van der Waals surface area contributed by atoms with Crippen LogP contribution in [0.3, 0.4) is 0 Å². The minimum absolute atomic E-state index is 0.163. The molecule has 0 aliphatic heterocycles. The van der Waals surface area contributed by atoms with Crippen LogP contribution >= 0.6 is 0 Å². The molecule has 0 radical (unpaired) electrons. The normalized spacial score (nSPS) is 11.1. The summed E-state index contributed by atoms with van der Waals surface area (Å²) >= 11 is 0. The minimum Gasteiger partial charge on any atom is -0.492 e. The van der Waals surface area contributed by atoms with Crippen LogP contribution in [-0.2, 0) is 0 Å². The molecular weight excluding hydrogens is 250 g/mol. The first-order valence-corrected chi connectivity index (χ1v) is 7.26. The van der Waals surface area contributed by atoms with Crippen molar-refractivity contribution in [3.05, 3.63) is 42.0 Å². The zero-order valence-electron chi connectivity index (χ0n) is 12.9. The number of ether oxygens (including phenoxy) is 1. The summed E-state index contributed by atoms with van der Waals surface area (Å²) < 4.78 is 5.79. The Morgan fingerprint density at radius 2 is 2.10 bits per heavy atom. The Kier molecular flexibility index (Phi) is 7.34. The molecule has 1 aromatic rings. The zero-order chi connectivity index (χ0) is 15.0. The van der Waals surface area contributed by atoms with E-state index in [1.807, 2.05) is 12.1 Å². The maximum Gasteiger partial charge on any atom is 0.119 e. The Morgan fingerprint density at radius 1 is 1.35 bits per heavy atom. The van der Waals surface area contributed by atoms with Crippen LogP contribution in [0, 0.1) is 6.92 Å². The van der Waals surface area contributed by atoms with Gasteiger partial charge in [-0.2, -0.15) is 0 Å². The lowest BCUT2D eigenvalue weighted by Crippen LogP contribution is -2.31. The highest BCUT2D eigenvalue weighted by molar-refractivity contribution is 5.36. The molecule has 0 atom stereocenters. The summed E-state index contributed by atoms with van der Waals surface area (Å²) in [6.07, 6.45) is 1.84. The first kappa shape index (κ1) is 16.7. The maximum absolute atomic E-state index is 8.98. The van der Waals surface area contributed by atoms with Gasteiger partial charge in [-0.3, -0.25) is 4.90 Å². The summed E-state index contributed by atoms with van der Waals surface area (Å²) in [5.74, 6) is 1.45. The van der Waals surface area contributed by atoms with Crippen molar-refractivity contribution in [1.29, 1.82) is 0 Å². The third-order valence-electron chi connectivity index (χ3n) is 3.34. The third-order valence-corrected chi connectivity index (χ3v) is 3.34. The van der Waals surface area contributed by atoms with E-state index in [9.17, 15) is 0 Å². The number of nitrogens with zero attached hydrogens (tertiary/aromatic N) is 1. The third kappa shape index (κ3) is 5.35. The molecule has 0 bridgehead atoms. The monoisotopic (exact) mass is 277 g/mol. The molecule has 3 heteroatoms. The van der Waals surface area contributed by atoms with E-state index in [-0.39, 0.29) is 6.61 Å². The van der Waals surface area contributed by atoms with E-state index < -0.39 is 0 Å². The smallest absolute Gasteiger partial charge is 0.119 e. The van der Waals surface area contributed by atoms with Gasteiger partial charge in [0, 0.05) is 19.6 Å². The Balaban J connectivity index is 2.49. The van der Waals surface area contributed by atoms with Crippen LogP contribution in [0.5, 0.6) is 5.75 Å². The molecule has 0 fully saturated rings. The molecule has 1 aromatic carbocycles. The molecule has 1 rings (SSSR count). The molecule has 0 amide bonds. The number of rotatable bonds is 9. The van der Waals surface area contributed by atoms with Crippen molar-refractivity contribution in [2.24, 2.45) is 0 Å². The molecule has 112 valence electrons. The van der Waals surface area contributed by atoms with Crippen molar-refractivity contribution >= 4 is 0 Å². The maximum atomic E-state index is 8.98. The SMILES string of the molecule is C=CCN(CCO)CCOc1ccc(C(C)C)c(C)c1. The van der Waals surface area contributed by atoms with Gasteiger partial charge in [0.15, 0.2) is 0 Å². The van der Waals surface area contributed by atoms with Crippen LogP contribution in [0.4, 0.5) is 0 Å². The van der Waals surface area contributed by atoms with Crippen LogP contribution in [-0.4, -0.2) is 42.9 Å². The lowest BCUT2D eigenvalue weighted by atomic mass is 9.98. The molecule has 0 unspecified atom stereocenters. The summed E-state index contributed by atoms with van der Waals surface area (Å²) in [5, 5.41) is 8.98. The highest BCUT2D eigenvalue weighted by Crippen LogP contribution is 2.23. The largest absolute Gasteiger partial charge is 0.492 e. The van der Waals surface area contributed by atoms with Gasteiger partial charge in [0.25, 0.3) is 0 Å². The number of aliphatic hydroxyl groups is 1. The average molecular weight is 277 g/mol. The first-order chi connectivity index (χ1) is 9.58. The summed E-state index contributed by atoms with van der Waals surface area (Å²) in [4.78, 5) is 2.11. The predicted molar refractivity (Wildman–Crippen MR) is 84.5 cm³/mol. The molecule has 0 saturated carbocycles. The van der Waals surface area contributed by atoms with Gasteiger partial charge in [-0.15, -0.1) is 6.58 Å². The number of hydrogen-bond donors (Lipinski definition) is 1. The summed E-state index contributed by atoms with van der Waals surface area (Å²) in [7, 11) is 0. The van der Waals surface area contributed by atoms with E-state index in [1.54, 1.807) is 0 Å². The van der Waals surface area contributed by atoms with Crippen molar-refractivity contribution in [1.82, 2.24) is 4.90 Å². The van der Waals surface area contributed by atoms with Gasteiger partial charge < -0.3 is 9.84 Å².